The topological polar surface area (TPSA) is 69.7 Å². The van der Waals surface area contributed by atoms with Gasteiger partial charge < -0.3 is 10.2 Å². The van der Waals surface area contributed by atoms with Gasteiger partial charge >= 0.3 is 0 Å². The molecule has 1 N–H and O–H groups in total. The van der Waals surface area contributed by atoms with E-state index in [9.17, 15) is 13.2 Å². The van der Waals surface area contributed by atoms with Gasteiger partial charge in [-0.15, -0.1) is 0 Å². The van der Waals surface area contributed by atoms with Gasteiger partial charge in [0.2, 0.25) is 10.0 Å². The standard InChI is InChI=1S/C22H29N3O3S/c1-3-25(4-2)29(27,28)21-10-8-9-18(17-21)22(26)23-19-11-13-20(14-12-19)24-15-6-5-7-16-24/h8-14,17H,3-7,15-16H2,1-2H3,(H,23,26). The Balaban J connectivity index is 1.72. The van der Waals surface area contributed by atoms with Crippen molar-refractivity contribution in [3.63, 3.8) is 0 Å². The minimum Gasteiger partial charge on any atom is -0.372 e. The lowest BCUT2D eigenvalue weighted by molar-refractivity contribution is 0.102. The van der Waals surface area contributed by atoms with Crippen LogP contribution in [0.3, 0.4) is 0 Å². The first kappa shape index (κ1) is 21.3. The molecule has 1 aliphatic rings. The van der Waals surface area contributed by atoms with Gasteiger partial charge in [0.05, 0.1) is 4.90 Å². The minimum absolute atomic E-state index is 0.134. The molecule has 2 aromatic carbocycles. The summed E-state index contributed by atoms with van der Waals surface area (Å²) in [6.45, 7) is 6.51. The van der Waals surface area contributed by atoms with Crippen LogP contribution in [-0.2, 0) is 10.0 Å². The maximum absolute atomic E-state index is 12.7. The highest BCUT2D eigenvalue weighted by atomic mass is 32.2. The van der Waals surface area contributed by atoms with Crippen LogP contribution in [0.1, 0.15) is 43.5 Å². The van der Waals surface area contributed by atoms with Gasteiger partial charge in [-0.25, -0.2) is 8.42 Å². The van der Waals surface area contributed by atoms with Gasteiger partial charge in [0.1, 0.15) is 0 Å². The summed E-state index contributed by atoms with van der Waals surface area (Å²) in [6.07, 6.45) is 3.71. The molecule has 0 bridgehead atoms. The zero-order chi connectivity index (χ0) is 20.9. The molecule has 6 nitrogen and oxygen atoms in total. The number of piperidine rings is 1. The summed E-state index contributed by atoms with van der Waals surface area (Å²) >= 11 is 0. The molecule has 156 valence electrons. The summed E-state index contributed by atoms with van der Waals surface area (Å²) in [5.41, 5.74) is 2.17. The second-order valence-electron chi connectivity index (χ2n) is 7.17. The average Bonchev–Trinajstić information content (AvgIpc) is 2.75. The van der Waals surface area contributed by atoms with Crippen LogP contribution in [0.4, 0.5) is 11.4 Å². The Bertz CT molecular complexity index is 932. The predicted octanol–water partition coefficient (Wildman–Crippen LogP) is 3.96. The monoisotopic (exact) mass is 415 g/mol. The van der Waals surface area contributed by atoms with Crippen LogP contribution < -0.4 is 10.2 Å². The summed E-state index contributed by atoms with van der Waals surface area (Å²) < 4.78 is 26.8. The van der Waals surface area contributed by atoms with E-state index in [4.69, 9.17) is 0 Å². The van der Waals surface area contributed by atoms with E-state index in [2.05, 4.69) is 10.2 Å². The van der Waals surface area contributed by atoms with Crippen LogP contribution >= 0.6 is 0 Å². The van der Waals surface area contributed by atoms with E-state index >= 15 is 0 Å². The quantitative estimate of drug-likeness (QED) is 0.743. The van der Waals surface area contributed by atoms with Crippen molar-refractivity contribution in [2.75, 3.05) is 36.4 Å². The average molecular weight is 416 g/mol. The van der Waals surface area contributed by atoms with E-state index in [0.29, 0.717) is 24.3 Å². The van der Waals surface area contributed by atoms with E-state index in [0.717, 1.165) is 18.8 Å². The minimum atomic E-state index is -3.60. The lowest BCUT2D eigenvalue weighted by Crippen LogP contribution is -2.30. The molecule has 1 aliphatic heterocycles. The Morgan fingerprint density at radius 1 is 1.00 bits per heavy atom. The van der Waals surface area contributed by atoms with Crippen LogP contribution in [0.2, 0.25) is 0 Å². The van der Waals surface area contributed by atoms with Crippen molar-refractivity contribution >= 4 is 27.3 Å². The lowest BCUT2D eigenvalue weighted by Gasteiger charge is -2.28. The fraction of sp³-hybridized carbons (Fsp3) is 0.409. The molecule has 0 spiro atoms. The highest BCUT2D eigenvalue weighted by Gasteiger charge is 2.22. The third-order valence-electron chi connectivity index (χ3n) is 5.29. The van der Waals surface area contributed by atoms with Crippen LogP contribution in [0.25, 0.3) is 0 Å². The second-order valence-corrected chi connectivity index (χ2v) is 9.10. The summed E-state index contributed by atoms with van der Waals surface area (Å²) in [7, 11) is -3.60. The van der Waals surface area contributed by atoms with Gasteiger partial charge in [-0.05, 0) is 61.7 Å². The second kappa shape index (κ2) is 9.41. The highest BCUT2D eigenvalue weighted by molar-refractivity contribution is 7.89. The van der Waals surface area contributed by atoms with E-state index in [1.807, 2.05) is 24.3 Å². The number of benzene rings is 2. The molecule has 29 heavy (non-hydrogen) atoms. The Morgan fingerprint density at radius 2 is 1.66 bits per heavy atom. The Kier molecular flexibility index (Phi) is 6.92. The maximum Gasteiger partial charge on any atom is 0.255 e. The summed E-state index contributed by atoms with van der Waals surface area (Å²) in [6, 6.07) is 14.0. The molecule has 1 saturated heterocycles. The molecule has 3 rings (SSSR count). The van der Waals surface area contributed by atoms with Crippen molar-refractivity contribution in [2.24, 2.45) is 0 Å². The molecule has 0 aromatic heterocycles. The molecule has 7 heteroatoms. The predicted molar refractivity (Wildman–Crippen MR) is 117 cm³/mol. The number of nitrogens with zero attached hydrogens (tertiary/aromatic N) is 2. The van der Waals surface area contributed by atoms with Crippen molar-refractivity contribution in [3.8, 4) is 0 Å². The largest absolute Gasteiger partial charge is 0.372 e. The fourth-order valence-corrected chi connectivity index (χ4v) is 5.13. The fourth-order valence-electron chi connectivity index (χ4n) is 3.62. The SMILES string of the molecule is CCN(CC)S(=O)(=O)c1cccc(C(=O)Nc2ccc(N3CCCCC3)cc2)c1. The van der Waals surface area contributed by atoms with E-state index in [1.54, 1.807) is 26.0 Å². The smallest absolute Gasteiger partial charge is 0.255 e. The molecule has 0 unspecified atom stereocenters. The first-order valence-electron chi connectivity index (χ1n) is 10.2. The van der Waals surface area contributed by atoms with Crippen LogP contribution in [0, 0.1) is 0 Å². The zero-order valence-corrected chi connectivity index (χ0v) is 17.9. The molecule has 0 aliphatic carbocycles. The molecule has 1 amide bonds. The zero-order valence-electron chi connectivity index (χ0n) is 17.1. The van der Waals surface area contributed by atoms with Crippen molar-refractivity contribution in [1.82, 2.24) is 4.31 Å². The number of sulfonamides is 1. The molecule has 2 aromatic rings. The number of amides is 1. The van der Waals surface area contributed by atoms with Gasteiger partial charge in [-0.3, -0.25) is 4.79 Å². The van der Waals surface area contributed by atoms with Crippen LogP contribution in [0.15, 0.2) is 53.4 Å². The third-order valence-corrected chi connectivity index (χ3v) is 7.33. The number of anilines is 2. The molecule has 1 heterocycles. The van der Waals surface area contributed by atoms with Gasteiger partial charge in [0.25, 0.3) is 5.91 Å². The van der Waals surface area contributed by atoms with Crippen molar-refractivity contribution in [3.05, 3.63) is 54.1 Å². The Morgan fingerprint density at radius 3 is 2.28 bits per heavy atom. The maximum atomic E-state index is 12.7. The molecular formula is C22H29N3O3S. The highest BCUT2D eigenvalue weighted by Crippen LogP contribution is 2.23. The molecule has 1 fully saturated rings. The Hall–Kier alpha value is -2.38. The third kappa shape index (κ3) is 4.97. The number of rotatable bonds is 7. The van der Waals surface area contributed by atoms with Gasteiger partial charge in [0, 0.05) is 43.1 Å². The first-order chi connectivity index (χ1) is 14.0. The molecule has 0 saturated carbocycles. The normalized spacial score (nSPS) is 14.8. The van der Waals surface area contributed by atoms with Crippen molar-refractivity contribution < 1.29 is 13.2 Å². The molecular weight excluding hydrogens is 386 g/mol. The van der Waals surface area contributed by atoms with Gasteiger partial charge in [-0.2, -0.15) is 4.31 Å². The van der Waals surface area contributed by atoms with Crippen LogP contribution in [-0.4, -0.2) is 44.8 Å². The number of carbonyl (C=O) groups is 1. The van der Waals surface area contributed by atoms with Gasteiger partial charge in [-0.1, -0.05) is 19.9 Å². The Labute approximate surface area is 173 Å². The number of carbonyl (C=O) groups excluding carboxylic acids is 1. The van der Waals surface area contributed by atoms with Crippen molar-refractivity contribution in [1.29, 1.82) is 0 Å². The summed E-state index contributed by atoms with van der Waals surface area (Å²) in [4.78, 5) is 15.2. The van der Waals surface area contributed by atoms with E-state index in [1.165, 1.54) is 35.7 Å². The van der Waals surface area contributed by atoms with E-state index in [-0.39, 0.29) is 10.8 Å². The molecule has 0 atom stereocenters. The molecule has 0 radical (unpaired) electrons. The number of hydrogen-bond donors (Lipinski definition) is 1. The first-order valence-corrected chi connectivity index (χ1v) is 11.7. The number of hydrogen-bond acceptors (Lipinski definition) is 4. The number of nitrogens with one attached hydrogen (secondary N) is 1. The summed E-state index contributed by atoms with van der Waals surface area (Å²) in [5, 5.41) is 2.86. The van der Waals surface area contributed by atoms with Crippen LogP contribution in [0.5, 0.6) is 0 Å². The van der Waals surface area contributed by atoms with Crippen molar-refractivity contribution in [2.45, 2.75) is 38.0 Å². The van der Waals surface area contributed by atoms with Gasteiger partial charge in [0.15, 0.2) is 0 Å². The lowest BCUT2D eigenvalue weighted by atomic mass is 10.1. The summed E-state index contributed by atoms with van der Waals surface area (Å²) in [5.74, 6) is -0.327. The van der Waals surface area contributed by atoms with E-state index < -0.39 is 10.0 Å².